The number of aromatic nitrogens is 2. The number of rotatable bonds is 7. The molecule has 0 saturated carbocycles. The van der Waals surface area contributed by atoms with Crippen molar-refractivity contribution in [1.29, 1.82) is 0 Å². The summed E-state index contributed by atoms with van der Waals surface area (Å²) in [5.74, 6) is 1.20. The molecular formula is C12H22N4O. The third kappa shape index (κ3) is 4.19. The maximum Gasteiger partial charge on any atom is 0.236 e. The molecule has 0 atom stereocenters. The predicted molar refractivity (Wildman–Crippen MR) is 67.7 cm³/mol. The Balaban J connectivity index is 2.20. The van der Waals surface area contributed by atoms with Crippen LogP contribution in [-0.4, -0.2) is 46.5 Å². The molecule has 0 saturated heterocycles. The Morgan fingerprint density at radius 3 is 2.71 bits per heavy atom. The number of nitrogens with one attached hydrogen (secondary N) is 1. The molecular weight excluding hydrogens is 216 g/mol. The van der Waals surface area contributed by atoms with E-state index in [4.69, 9.17) is 0 Å². The van der Waals surface area contributed by atoms with Crippen molar-refractivity contribution in [3.05, 3.63) is 18.2 Å². The Hall–Kier alpha value is -1.36. The fraction of sp³-hybridized carbons (Fsp3) is 0.667. The summed E-state index contributed by atoms with van der Waals surface area (Å²) in [6, 6.07) is 0. The quantitative estimate of drug-likeness (QED) is 0.700. The minimum atomic E-state index is 0.162. The van der Waals surface area contributed by atoms with E-state index >= 15 is 0 Å². The molecule has 1 rings (SSSR count). The van der Waals surface area contributed by atoms with Crippen LogP contribution in [0.4, 0.5) is 0 Å². The number of carbonyl (C=O) groups excluding carboxylic acids is 1. The number of nitrogens with zero attached hydrogens (tertiary/aromatic N) is 3. The van der Waals surface area contributed by atoms with Crippen LogP contribution in [0.1, 0.15) is 19.7 Å². The van der Waals surface area contributed by atoms with Crippen molar-refractivity contribution in [2.45, 2.75) is 20.3 Å². The summed E-state index contributed by atoms with van der Waals surface area (Å²) in [6.07, 6.45) is 4.56. The maximum atomic E-state index is 11.7. The van der Waals surface area contributed by atoms with Gasteiger partial charge in [0.25, 0.3) is 0 Å². The van der Waals surface area contributed by atoms with Gasteiger partial charge in [-0.25, -0.2) is 4.98 Å². The average molecular weight is 238 g/mol. The molecule has 0 aromatic carbocycles. The van der Waals surface area contributed by atoms with Gasteiger partial charge in [-0.15, -0.1) is 0 Å². The molecule has 0 bridgehead atoms. The monoisotopic (exact) mass is 238 g/mol. The Bertz CT molecular complexity index is 344. The van der Waals surface area contributed by atoms with Gasteiger partial charge in [0.15, 0.2) is 0 Å². The zero-order valence-electron chi connectivity index (χ0n) is 10.9. The summed E-state index contributed by atoms with van der Waals surface area (Å²) in [4.78, 5) is 17.7. The van der Waals surface area contributed by atoms with Crippen molar-refractivity contribution in [1.82, 2.24) is 19.8 Å². The van der Waals surface area contributed by atoms with E-state index in [1.807, 2.05) is 36.6 Å². The molecule has 0 unspecified atom stereocenters. The molecule has 0 spiro atoms. The van der Waals surface area contributed by atoms with Crippen LogP contribution in [0.3, 0.4) is 0 Å². The van der Waals surface area contributed by atoms with E-state index < -0.39 is 0 Å². The molecule has 0 aliphatic carbocycles. The lowest BCUT2D eigenvalue weighted by molar-refractivity contribution is -0.129. The topological polar surface area (TPSA) is 50.2 Å². The highest BCUT2D eigenvalue weighted by Crippen LogP contribution is 1.94. The van der Waals surface area contributed by atoms with Crippen LogP contribution in [0.2, 0.25) is 0 Å². The molecule has 5 heteroatoms. The molecule has 1 aromatic heterocycles. The number of hydrogen-bond donors (Lipinski definition) is 1. The molecule has 1 N–H and O–H groups in total. The van der Waals surface area contributed by atoms with Gasteiger partial charge in [0.05, 0.1) is 6.54 Å². The van der Waals surface area contributed by atoms with Gasteiger partial charge in [0.1, 0.15) is 5.82 Å². The van der Waals surface area contributed by atoms with E-state index in [0.717, 1.165) is 31.9 Å². The third-order valence-corrected chi connectivity index (χ3v) is 2.84. The largest absolute Gasteiger partial charge is 0.342 e. The molecule has 1 aromatic rings. The second kappa shape index (κ2) is 7.06. The fourth-order valence-corrected chi connectivity index (χ4v) is 1.72. The van der Waals surface area contributed by atoms with Gasteiger partial charge < -0.3 is 14.8 Å². The Morgan fingerprint density at radius 2 is 2.18 bits per heavy atom. The molecule has 0 aliphatic rings. The molecule has 96 valence electrons. The predicted octanol–water partition coefficient (Wildman–Crippen LogP) is 0.421. The third-order valence-electron chi connectivity index (χ3n) is 2.84. The molecule has 0 fully saturated rings. The first-order valence-corrected chi connectivity index (χ1v) is 6.13. The summed E-state index contributed by atoms with van der Waals surface area (Å²) in [5.41, 5.74) is 0. The zero-order chi connectivity index (χ0) is 12.7. The van der Waals surface area contributed by atoms with Crippen LogP contribution in [0.25, 0.3) is 0 Å². The van der Waals surface area contributed by atoms with Crippen LogP contribution in [-0.2, 0) is 18.3 Å². The second-order valence-corrected chi connectivity index (χ2v) is 3.95. The number of imidazole rings is 1. The smallest absolute Gasteiger partial charge is 0.236 e. The summed E-state index contributed by atoms with van der Waals surface area (Å²) in [7, 11) is 1.98. The van der Waals surface area contributed by atoms with Gasteiger partial charge in [0, 0.05) is 45.5 Å². The Morgan fingerprint density at radius 1 is 1.47 bits per heavy atom. The number of amides is 1. The SMILES string of the molecule is CCN(CC)C(=O)CNCCc1nccn1C. The van der Waals surface area contributed by atoms with Crippen molar-refractivity contribution in [3.63, 3.8) is 0 Å². The zero-order valence-corrected chi connectivity index (χ0v) is 10.9. The highest BCUT2D eigenvalue weighted by atomic mass is 16.2. The van der Waals surface area contributed by atoms with Crippen molar-refractivity contribution in [2.24, 2.45) is 7.05 Å². The van der Waals surface area contributed by atoms with Crippen molar-refractivity contribution >= 4 is 5.91 Å². The highest BCUT2D eigenvalue weighted by molar-refractivity contribution is 5.78. The second-order valence-electron chi connectivity index (χ2n) is 3.95. The van der Waals surface area contributed by atoms with Gasteiger partial charge in [-0.05, 0) is 13.8 Å². The first-order valence-electron chi connectivity index (χ1n) is 6.13. The summed E-state index contributed by atoms with van der Waals surface area (Å²) < 4.78 is 1.99. The van der Waals surface area contributed by atoms with E-state index in [9.17, 15) is 4.79 Å². The van der Waals surface area contributed by atoms with E-state index in [1.54, 1.807) is 6.20 Å². The van der Waals surface area contributed by atoms with Gasteiger partial charge in [-0.1, -0.05) is 0 Å². The Kier molecular flexibility index (Phi) is 5.69. The van der Waals surface area contributed by atoms with Gasteiger partial charge >= 0.3 is 0 Å². The number of hydrogen-bond acceptors (Lipinski definition) is 3. The summed E-state index contributed by atoms with van der Waals surface area (Å²) in [5, 5.41) is 3.16. The normalized spacial score (nSPS) is 10.5. The van der Waals surface area contributed by atoms with Crippen LogP contribution in [0, 0.1) is 0 Å². The summed E-state index contributed by atoms with van der Waals surface area (Å²) >= 11 is 0. The lowest BCUT2D eigenvalue weighted by atomic mass is 10.4. The van der Waals surface area contributed by atoms with Gasteiger partial charge in [0.2, 0.25) is 5.91 Å². The van der Waals surface area contributed by atoms with Crippen molar-refractivity contribution in [3.8, 4) is 0 Å². The summed E-state index contributed by atoms with van der Waals surface area (Å²) in [6.45, 7) is 6.72. The molecule has 1 heterocycles. The number of carbonyl (C=O) groups is 1. The van der Waals surface area contributed by atoms with Crippen LogP contribution >= 0.6 is 0 Å². The van der Waals surface area contributed by atoms with E-state index in [-0.39, 0.29) is 5.91 Å². The van der Waals surface area contributed by atoms with E-state index in [0.29, 0.717) is 6.54 Å². The standard InChI is InChI=1S/C12H22N4O/c1-4-16(5-2)12(17)10-13-7-6-11-14-8-9-15(11)3/h8-9,13H,4-7,10H2,1-3H3. The Labute approximate surface area is 103 Å². The first-order chi connectivity index (χ1) is 8.19. The lowest BCUT2D eigenvalue weighted by Crippen LogP contribution is -2.38. The molecule has 5 nitrogen and oxygen atoms in total. The molecule has 17 heavy (non-hydrogen) atoms. The van der Waals surface area contributed by atoms with E-state index in [1.165, 1.54) is 0 Å². The van der Waals surface area contributed by atoms with Crippen LogP contribution < -0.4 is 5.32 Å². The fourth-order valence-electron chi connectivity index (χ4n) is 1.72. The molecule has 1 amide bonds. The molecule has 0 aliphatic heterocycles. The highest BCUT2D eigenvalue weighted by Gasteiger charge is 2.08. The minimum absolute atomic E-state index is 0.162. The average Bonchev–Trinajstić information content (AvgIpc) is 2.72. The maximum absolute atomic E-state index is 11.7. The number of aryl methyl sites for hydroxylation is 1. The number of likely N-dealkylation sites (N-methyl/N-ethyl adjacent to an activating group) is 1. The van der Waals surface area contributed by atoms with E-state index in [2.05, 4.69) is 10.3 Å². The lowest BCUT2D eigenvalue weighted by Gasteiger charge is -2.18. The minimum Gasteiger partial charge on any atom is -0.342 e. The first kappa shape index (κ1) is 13.7. The van der Waals surface area contributed by atoms with Gasteiger partial charge in [-0.2, -0.15) is 0 Å². The van der Waals surface area contributed by atoms with Crippen LogP contribution in [0.15, 0.2) is 12.4 Å². The van der Waals surface area contributed by atoms with Crippen molar-refractivity contribution in [2.75, 3.05) is 26.2 Å². The van der Waals surface area contributed by atoms with Crippen molar-refractivity contribution < 1.29 is 4.79 Å². The van der Waals surface area contributed by atoms with Gasteiger partial charge in [-0.3, -0.25) is 4.79 Å². The van der Waals surface area contributed by atoms with Crippen LogP contribution in [0.5, 0.6) is 0 Å². The molecule has 0 radical (unpaired) electrons.